The first kappa shape index (κ1) is 19.6. The summed E-state index contributed by atoms with van der Waals surface area (Å²) < 4.78 is 43.0. The van der Waals surface area contributed by atoms with Crippen molar-refractivity contribution in [3.8, 4) is 11.3 Å². The molecule has 0 unspecified atom stereocenters. The molecule has 0 aliphatic carbocycles. The van der Waals surface area contributed by atoms with Crippen LogP contribution < -0.4 is 16.6 Å². The Labute approximate surface area is 164 Å². The van der Waals surface area contributed by atoms with Crippen molar-refractivity contribution in [2.45, 2.75) is 12.6 Å². The third-order valence-electron chi connectivity index (χ3n) is 3.46. The van der Waals surface area contributed by atoms with Crippen LogP contribution in [0.5, 0.6) is 0 Å². The Bertz CT molecular complexity index is 994. The predicted molar refractivity (Wildman–Crippen MR) is 96.6 cm³/mol. The number of benzene rings is 1. The van der Waals surface area contributed by atoms with Crippen LogP contribution in [0, 0.1) is 0 Å². The highest BCUT2D eigenvalue weighted by Gasteiger charge is 2.38. The molecule has 4 N–H and O–H groups in total. The van der Waals surface area contributed by atoms with E-state index in [0.717, 1.165) is 5.56 Å². The van der Waals surface area contributed by atoms with E-state index < -0.39 is 30.0 Å². The van der Waals surface area contributed by atoms with Crippen LogP contribution >= 0.6 is 15.9 Å². The molecule has 0 spiro atoms. The van der Waals surface area contributed by atoms with Crippen molar-refractivity contribution >= 4 is 33.6 Å². The van der Waals surface area contributed by atoms with Crippen molar-refractivity contribution in [1.29, 1.82) is 0 Å². The van der Waals surface area contributed by atoms with Crippen LogP contribution in [0.15, 0.2) is 45.6 Å². The van der Waals surface area contributed by atoms with E-state index >= 15 is 0 Å². The summed E-state index contributed by atoms with van der Waals surface area (Å²) in [5.74, 6) is -2.03. The van der Waals surface area contributed by atoms with Crippen LogP contribution in [0.1, 0.15) is 11.5 Å². The van der Waals surface area contributed by atoms with Gasteiger partial charge in [-0.05, 0) is 15.9 Å². The number of hydrogen-bond acceptors (Lipinski definition) is 7. The fourth-order valence-electron chi connectivity index (χ4n) is 2.29. The second-order valence-corrected chi connectivity index (χ2v) is 6.23. The van der Waals surface area contributed by atoms with Gasteiger partial charge in [-0.3, -0.25) is 15.6 Å². The molecule has 0 fully saturated rings. The van der Waals surface area contributed by atoms with E-state index in [-0.39, 0.29) is 11.8 Å². The lowest BCUT2D eigenvalue weighted by molar-refractivity contribution is -0.153. The summed E-state index contributed by atoms with van der Waals surface area (Å²) in [7, 11) is 0. The molecule has 28 heavy (non-hydrogen) atoms. The minimum Gasteiger partial charge on any atom is -0.439 e. The van der Waals surface area contributed by atoms with Gasteiger partial charge in [0.1, 0.15) is 5.69 Å². The average molecular weight is 457 g/mol. The Morgan fingerprint density at radius 2 is 1.93 bits per heavy atom. The number of amides is 1. The fourth-order valence-corrected chi connectivity index (χ4v) is 2.79. The highest BCUT2D eigenvalue weighted by atomic mass is 79.9. The molecule has 12 heteroatoms. The molecule has 2 aromatic heterocycles. The van der Waals surface area contributed by atoms with Gasteiger partial charge in [-0.2, -0.15) is 18.2 Å². The molecule has 3 aromatic rings. The highest BCUT2D eigenvalue weighted by Crippen LogP contribution is 2.32. The van der Waals surface area contributed by atoms with Crippen molar-refractivity contribution in [2.24, 2.45) is 0 Å². The molecule has 1 amide bonds. The van der Waals surface area contributed by atoms with Gasteiger partial charge in [-0.1, -0.05) is 30.3 Å². The quantitative estimate of drug-likeness (QED) is 0.504. The number of hydrogen-bond donors (Lipinski definition) is 3. The van der Waals surface area contributed by atoms with E-state index in [1.165, 1.54) is 0 Å². The lowest BCUT2D eigenvalue weighted by Gasteiger charge is -2.12. The highest BCUT2D eigenvalue weighted by molar-refractivity contribution is 9.10. The molecule has 1 aromatic carbocycles. The Kier molecular flexibility index (Phi) is 5.49. The Morgan fingerprint density at radius 1 is 1.21 bits per heavy atom. The van der Waals surface area contributed by atoms with Gasteiger partial charge < -0.3 is 10.2 Å². The maximum atomic E-state index is 12.8. The van der Waals surface area contributed by atoms with E-state index in [1.54, 1.807) is 12.1 Å². The molecule has 3 rings (SSSR count). The van der Waals surface area contributed by atoms with Crippen LogP contribution in [0.4, 0.5) is 24.9 Å². The normalized spacial score (nSPS) is 11.3. The van der Waals surface area contributed by atoms with Crippen LogP contribution in [0.25, 0.3) is 11.3 Å². The van der Waals surface area contributed by atoms with Gasteiger partial charge in [0.25, 0.3) is 0 Å². The van der Waals surface area contributed by atoms with Crippen molar-refractivity contribution in [1.82, 2.24) is 20.4 Å². The van der Waals surface area contributed by atoms with Crippen molar-refractivity contribution in [2.75, 3.05) is 11.2 Å². The van der Waals surface area contributed by atoms with E-state index in [1.807, 2.05) is 18.2 Å². The third kappa shape index (κ3) is 4.39. The molecule has 0 radical (unpaired) electrons. The number of carbonyl (C=O) groups excluding carboxylic acids is 1. The molecule has 0 saturated carbocycles. The monoisotopic (exact) mass is 456 g/mol. The Morgan fingerprint density at radius 3 is 2.61 bits per heavy atom. The van der Waals surface area contributed by atoms with Gasteiger partial charge >= 0.3 is 6.18 Å². The molecule has 0 aliphatic heterocycles. The van der Waals surface area contributed by atoms with Crippen LogP contribution in [0.3, 0.4) is 0 Å². The van der Waals surface area contributed by atoms with E-state index in [9.17, 15) is 18.0 Å². The molecule has 0 bridgehead atoms. The van der Waals surface area contributed by atoms with Crippen molar-refractivity contribution in [3.05, 3.63) is 52.7 Å². The summed E-state index contributed by atoms with van der Waals surface area (Å²) in [5, 5.41) is 0. The number of nitrogens with one attached hydrogen (secondary N) is 2. The fraction of sp³-hybridized carbons (Fsp3) is 0.125. The standard InChI is InChI=1S/C16H12BrF3N6O2/c17-11-12(8-4-2-1-3-5-8)23-15(21)24-14(11)26-25-10(27)6-9-13(16(18,19)20)28-7-22-9/h1-5,7H,6H2,(H,25,27)(H3,21,23,24,26). The van der Waals surface area contributed by atoms with Gasteiger partial charge in [-0.15, -0.1) is 0 Å². The molecular weight excluding hydrogens is 445 g/mol. The molecule has 0 atom stereocenters. The minimum absolute atomic E-state index is 0.0605. The summed E-state index contributed by atoms with van der Waals surface area (Å²) in [6.07, 6.45) is -4.76. The zero-order chi connectivity index (χ0) is 20.3. The maximum absolute atomic E-state index is 12.8. The Balaban J connectivity index is 1.74. The average Bonchev–Trinajstić information content (AvgIpc) is 3.11. The summed E-state index contributed by atoms with van der Waals surface area (Å²) in [6.45, 7) is 0. The first-order valence-corrected chi connectivity index (χ1v) is 8.48. The zero-order valence-corrected chi connectivity index (χ0v) is 15.5. The maximum Gasteiger partial charge on any atom is 0.451 e. The van der Waals surface area contributed by atoms with E-state index in [4.69, 9.17) is 5.73 Å². The van der Waals surface area contributed by atoms with Crippen molar-refractivity contribution in [3.63, 3.8) is 0 Å². The van der Waals surface area contributed by atoms with Crippen LogP contribution in [0.2, 0.25) is 0 Å². The molecule has 2 heterocycles. The minimum atomic E-state index is -4.74. The Hall–Kier alpha value is -3.15. The van der Waals surface area contributed by atoms with Gasteiger partial charge in [0.15, 0.2) is 12.2 Å². The third-order valence-corrected chi connectivity index (χ3v) is 4.21. The van der Waals surface area contributed by atoms with E-state index in [0.29, 0.717) is 16.6 Å². The number of nitrogens with two attached hydrogens (primary N) is 1. The number of anilines is 2. The number of nitrogen functional groups attached to an aromatic ring is 1. The first-order valence-electron chi connectivity index (χ1n) is 7.68. The second kappa shape index (κ2) is 7.84. The summed E-state index contributed by atoms with van der Waals surface area (Å²) in [6, 6.07) is 9.06. The van der Waals surface area contributed by atoms with Crippen molar-refractivity contribution < 1.29 is 22.4 Å². The number of hydrazine groups is 1. The lowest BCUT2D eigenvalue weighted by Crippen LogP contribution is -2.32. The number of rotatable bonds is 5. The van der Waals surface area contributed by atoms with Gasteiger partial charge in [0.2, 0.25) is 17.6 Å². The number of oxazole rings is 1. The zero-order valence-electron chi connectivity index (χ0n) is 13.9. The van der Waals surface area contributed by atoms with E-state index in [2.05, 4.69) is 46.2 Å². The summed E-state index contributed by atoms with van der Waals surface area (Å²) in [4.78, 5) is 23.5. The van der Waals surface area contributed by atoms with Gasteiger partial charge in [0.05, 0.1) is 16.6 Å². The number of nitrogens with zero attached hydrogens (tertiary/aromatic N) is 3. The second-order valence-electron chi connectivity index (χ2n) is 5.43. The van der Waals surface area contributed by atoms with Gasteiger partial charge in [0, 0.05) is 5.56 Å². The first-order chi connectivity index (χ1) is 13.3. The SMILES string of the molecule is Nc1nc(NNC(=O)Cc2ncoc2C(F)(F)F)c(Br)c(-c2ccccc2)n1. The smallest absolute Gasteiger partial charge is 0.439 e. The van der Waals surface area contributed by atoms with Crippen LogP contribution in [-0.4, -0.2) is 20.9 Å². The topological polar surface area (TPSA) is 119 Å². The molecular formula is C16H12BrF3N6O2. The number of carbonyl (C=O) groups is 1. The summed E-state index contributed by atoms with van der Waals surface area (Å²) >= 11 is 3.33. The molecule has 8 nitrogen and oxygen atoms in total. The van der Waals surface area contributed by atoms with Crippen LogP contribution in [-0.2, 0) is 17.4 Å². The number of halogens is 4. The molecule has 0 aliphatic rings. The predicted octanol–water partition coefficient (Wildman–Crippen LogP) is 3.18. The summed E-state index contributed by atoms with van der Waals surface area (Å²) in [5.41, 5.74) is 11.2. The lowest BCUT2D eigenvalue weighted by atomic mass is 10.1. The molecule has 0 saturated heterocycles. The van der Waals surface area contributed by atoms with Gasteiger partial charge in [-0.25, -0.2) is 9.97 Å². The number of aromatic nitrogens is 3. The molecule has 146 valence electrons. The largest absolute Gasteiger partial charge is 0.451 e. The number of alkyl halides is 3.